The molecule has 9 nitrogen and oxygen atoms in total. The van der Waals surface area contributed by atoms with Gasteiger partial charge < -0.3 is 20.1 Å². The molecule has 0 fully saturated rings. The second-order valence-corrected chi connectivity index (χ2v) is 11.9. The molecule has 1 aromatic heterocycles. The fraction of sp³-hybridized carbons (Fsp3) is 0.538. The number of methoxy groups -OCH3 is 2. The average molecular weight is 575 g/mol. The van der Waals surface area contributed by atoms with Crippen LogP contribution in [0.3, 0.4) is 0 Å². The van der Waals surface area contributed by atoms with Crippen molar-refractivity contribution in [1.82, 2.24) is 15.6 Å². The van der Waals surface area contributed by atoms with Gasteiger partial charge in [-0.25, -0.2) is 8.42 Å². The largest absolute Gasteiger partial charge is 0.497 e. The molecule has 3 atom stereocenters. The van der Waals surface area contributed by atoms with Gasteiger partial charge in [0.15, 0.2) is 0 Å². The minimum atomic E-state index is -4.68. The number of ether oxygens (including phenoxy) is 2. The van der Waals surface area contributed by atoms with Gasteiger partial charge in [0.2, 0.25) is 5.91 Å². The van der Waals surface area contributed by atoms with Crippen molar-refractivity contribution in [2.75, 3.05) is 38.1 Å². The summed E-state index contributed by atoms with van der Waals surface area (Å²) in [6, 6.07) is 3.73. The van der Waals surface area contributed by atoms with Crippen LogP contribution in [0.2, 0.25) is 0 Å². The molecular formula is C26H37F3N4O5S. The Morgan fingerprint density at radius 1 is 1.13 bits per heavy atom. The Morgan fingerprint density at radius 3 is 2.38 bits per heavy atom. The zero-order valence-corrected chi connectivity index (χ0v) is 23.5. The van der Waals surface area contributed by atoms with Gasteiger partial charge >= 0.3 is 6.18 Å². The van der Waals surface area contributed by atoms with Crippen molar-refractivity contribution in [2.24, 2.45) is 5.92 Å². The molecule has 0 aliphatic heterocycles. The lowest BCUT2D eigenvalue weighted by atomic mass is 9.99. The summed E-state index contributed by atoms with van der Waals surface area (Å²) < 4.78 is 76.2. The van der Waals surface area contributed by atoms with Gasteiger partial charge in [-0.2, -0.15) is 13.2 Å². The molecule has 0 saturated carbocycles. The number of aromatic nitrogens is 1. The zero-order valence-electron chi connectivity index (χ0n) is 22.7. The summed E-state index contributed by atoms with van der Waals surface area (Å²) in [7, 11) is -0.377. The van der Waals surface area contributed by atoms with Crippen LogP contribution in [-0.4, -0.2) is 70.3 Å². The molecule has 0 aliphatic rings. The number of nitrogens with one attached hydrogen (secondary N) is 3. The first kappa shape index (κ1) is 32.2. The Bertz CT molecular complexity index is 1160. The Morgan fingerprint density at radius 2 is 1.85 bits per heavy atom. The maximum Gasteiger partial charge on any atom is 0.407 e. The highest BCUT2D eigenvalue weighted by Crippen LogP contribution is 2.33. The standard InChI is InChI=1S/C26H37F3N4O5S/c1-17(2)13-22(33-24(26(27,28)29)18-7-6-11-30-15-18)25(34)32-19(10-12-39(5,35)36)16-31-21-9-8-20(37-3)14-23(21)38-4/h6-9,11,14-15,17,19,22,24,31,33H,10,12-13,16H2,1-5H3,(H,32,34)/t19-,22-,24-/m0/s1. The molecule has 0 saturated heterocycles. The Labute approximate surface area is 227 Å². The van der Waals surface area contributed by atoms with E-state index in [1.807, 2.05) is 0 Å². The van der Waals surface area contributed by atoms with Crippen molar-refractivity contribution < 1.29 is 35.9 Å². The van der Waals surface area contributed by atoms with Gasteiger partial charge in [0, 0.05) is 37.3 Å². The average Bonchev–Trinajstić information content (AvgIpc) is 2.86. The first-order chi connectivity index (χ1) is 18.2. The maximum absolute atomic E-state index is 14.0. The van der Waals surface area contributed by atoms with E-state index >= 15 is 0 Å². The SMILES string of the molecule is COc1ccc(NC[C@H](CCS(C)(=O)=O)NC(=O)[C@H](CC(C)C)N[C@@H](c2cccnc2)C(F)(F)F)c(OC)c1. The van der Waals surface area contributed by atoms with Gasteiger partial charge in [0.1, 0.15) is 27.4 Å². The van der Waals surface area contributed by atoms with Crippen LogP contribution in [0.5, 0.6) is 11.5 Å². The predicted octanol–water partition coefficient (Wildman–Crippen LogP) is 3.74. The number of nitrogens with zero attached hydrogens (tertiary/aromatic N) is 1. The third kappa shape index (κ3) is 10.9. The highest BCUT2D eigenvalue weighted by atomic mass is 32.2. The van der Waals surface area contributed by atoms with E-state index in [0.29, 0.717) is 17.2 Å². The fourth-order valence-electron chi connectivity index (χ4n) is 3.91. The highest BCUT2D eigenvalue weighted by Gasteiger charge is 2.43. The lowest BCUT2D eigenvalue weighted by Gasteiger charge is -2.30. The monoisotopic (exact) mass is 574 g/mol. The van der Waals surface area contributed by atoms with Crippen LogP contribution in [0.1, 0.15) is 38.3 Å². The van der Waals surface area contributed by atoms with E-state index in [1.165, 1.54) is 32.5 Å². The summed E-state index contributed by atoms with van der Waals surface area (Å²) in [6.45, 7) is 3.70. The number of sulfone groups is 1. The van der Waals surface area contributed by atoms with E-state index in [-0.39, 0.29) is 36.6 Å². The number of amides is 1. The number of benzene rings is 1. The van der Waals surface area contributed by atoms with Crippen molar-refractivity contribution in [3.05, 3.63) is 48.3 Å². The van der Waals surface area contributed by atoms with Gasteiger partial charge in [-0.3, -0.25) is 15.1 Å². The number of hydrogen-bond donors (Lipinski definition) is 3. The first-order valence-electron chi connectivity index (χ1n) is 12.4. The predicted molar refractivity (Wildman–Crippen MR) is 144 cm³/mol. The zero-order chi connectivity index (χ0) is 29.2. The van der Waals surface area contributed by atoms with Gasteiger partial charge in [-0.15, -0.1) is 0 Å². The van der Waals surface area contributed by atoms with E-state index in [9.17, 15) is 26.4 Å². The van der Waals surface area contributed by atoms with Gasteiger partial charge in [0.05, 0.1) is 31.7 Å². The van der Waals surface area contributed by atoms with Crippen LogP contribution in [-0.2, 0) is 14.6 Å². The summed E-state index contributed by atoms with van der Waals surface area (Å²) >= 11 is 0. The van der Waals surface area contributed by atoms with E-state index in [1.54, 1.807) is 32.0 Å². The third-order valence-electron chi connectivity index (χ3n) is 5.87. The minimum Gasteiger partial charge on any atom is -0.497 e. The number of carbonyl (C=O) groups is 1. The van der Waals surface area contributed by atoms with Crippen molar-refractivity contribution in [3.8, 4) is 11.5 Å². The third-order valence-corrected chi connectivity index (χ3v) is 6.84. The molecule has 0 unspecified atom stereocenters. The lowest BCUT2D eigenvalue weighted by Crippen LogP contribution is -2.53. The van der Waals surface area contributed by atoms with Crippen LogP contribution in [0.15, 0.2) is 42.7 Å². The van der Waals surface area contributed by atoms with E-state index < -0.39 is 40.0 Å². The van der Waals surface area contributed by atoms with Crippen LogP contribution in [0.4, 0.5) is 18.9 Å². The van der Waals surface area contributed by atoms with Crippen molar-refractivity contribution in [2.45, 2.75) is 51.0 Å². The molecule has 1 aromatic carbocycles. The summed E-state index contributed by atoms with van der Waals surface area (Å²) in [4.78, 5) is 17.1. The van der Waals surface area contributed by atoms with Crippen LogP contribution >= 0.6 is 0 Å². The Balaban J connectivity index is 2.27. The first-order valence-corrected chi connectivity index (χ1v) is 14.5. The molecule has 1 amide bonds. The normalized spacial score (nSPS) is 14.4. The number of hydrogen-bond acceptors (Lipinski definition) is 8. The Kier molecular flexibility index (Phi) is 11.8. The number of pyridine rings is 1. The molecule has 1 heterocycles. The van der Waals surface area contributed by atoms with Crippen LogP contribution in [0.25, 0.3) is 0 Å². The van der Waals surface area contributed by atoms with Crippen molar-refractivity contribution in [1.29, 1.82) is 0 Å². The fourth-order valence-corrected chi connectivity index (χ4v) is 4.62. The topological polar surface area (TPSA) is 119 Å². The van der Waals surface area contributed by atoms with E-state index in [4.69, 9.17) is 9.47 Å². The van der Waals surface area contributed by atoms with Gasteiger partial charge in [0.25, 0.3) is 0 Å². The number of alkyl halides is 3. The van der Waals surface area contributed by atoms with Crippen molar-refractivity contribution >= 4 is 21.4 Å². The van der Waals surface area contributed by atoms with Crippen LogP contribution < -0.4 is 25.4 Å². The summed E-state index contributed by atoms with van der Waals surface area (Å²) in [5.74, 6) is 0.0415. The number of carbonyl (C=O) groups excluding carboxylic acids is 1. The van der Waals surface area contributed by atoms with E-state index in [2.05, 4.69) is 20.9 Å². The summed E-state index contributed by atoms with van der Waals surface area (Å²) in [5, 5.41) is 8.36. The number of halogens is 3. The highest BCUT2D eigenvalue weighted by molar-refractivity contribution is 7.90. The molecule has 0 radical (unpaired) electrons. The van der Waals surface area contributed by atoms with Crippen LogP contribution in [0, 0.1) is 5.92 Å². The molecule has 39 heavy (non-hydrogen) atoms. The molecule has 3 N–H and O–H groups in total. The van der Waals surface area contributed by atoms with Gasteiger partial charge in [-0.05, 0) is 42.5 Å². The Hall–Kier alpha value is -3.06. The second-order valence-electron chi connectivity index (χ2n) is 9.68. The molecule has 0 aliphatic carbocycles. The quantitative estimate of drug-likeness (QED) is 0.295. The molecular weight excluding hydrogens is 537 g/mol. The van der Waals surface area contributed by atoms with Crippen molar-refractivity contribution in [3.63, 3.8) is 0 Å². The number of rotatable bonds is 15. The molecule has 2 aromatic rings. The number of anilines is 1. The summed E-state index contributed by atoms with van der Waals surface area (Å²) in [5.41, 5.74) is 0.455. The second kappa shape index (κ2) is 14.4. The smallest absolute Gasteiger partial charge is 0.407 e. The molecule has 218 valence electrons. The summed E-state index contributed by atoms with van der Waals surface area (Å²) in [6.07, 6.45) is -0.951. The van der Waals surface area contributed by atoms with E-state index in [0.717, 1.165) is 12.5 Å². The molecule has 2 rings (SSSR count). The lowest BCUT2D eigenvalue weighted by molar-refractivity contribution is -0.161. The molecule has 13 heteroatoms. The minimum absolute atomic E-state index is 0.0513. The van der Waals surface area contributed by atoms with Gasteiger partial charge in [-0.1, -0.05) is 19.9 Å². The maximum atomic E-state index is 14.0. The molecule has 0 bridgehead atoms. The molecule has 0 spiro atoms.